The zero-order valence-corrected chi connectivity index (χ0v) is 10.8. The molecular formula is C11H13FN4OS. The highest BCUT2D eigenvalue weighted by Gasteiger charge is 2.12. The summed E-state index contributed by atoms with van der Waals surface area (Å²) in [7, 11) is 0. The molecule has 0 aliphatic carbocycles. The van der Waals surface area contributed by atoms with E-state index >= 15 is 0 Å². The molecule has 0 fully saturated rings. The molecule has 18 heavy (non-hydrogen) atoms. The van der Waals surface area contributed by atoms with Crippen LogP contribution in [0.4, 0.5) is 10.1 Å². The Morgan fingerprint density at radius 2 is 2.28 bits per heavy atom. The van der Waals surface area contributed by atoms with Crippen molar-refractivity contribution in [1.29, 1.82) is 0 Å². The van der Waals surface area contributed by atoms with Gasteiger partial charge < -0.3 is 10.5 Å². The number of nitrogens with zero attached hydrogens (tertiary/aromatic N) is 2. The number of benzene rings is 1. The van der Waals surface area contributed by atoms with E-state index < -0.39 is 5.82 Å². The highest BCUT2D eigenvalue weighted by molar-refractivity contribution is 7.99. The van der Waals surface area contributed by atoms with Crippen LogP contribution < -0.4 is 10.5 Å². The molecule has 7 heteroatoms. The maximum absolute atomic E-state index is 13.5. The fourth-order valence-corrected chi connectivity index (χ4v) is 2.18. The van der Waals surface area contributed by atoms with Gasteiger partial charge in [0.25, 0.3) is 0 Å². The monoisotopic (exact) mass is 268 g/mol. The molecule has 96 valence electrons. The van der Waals surface area contributed by atoms with Gasteiger partial charge in [0.1, 0.15) is 5.82 Å². The summed E-state index contributed by atoms with van der Waals surface area (Å²) in [5, 5.41) is 7.25. The molecule has 1 aromatic carbocycles. The maximum atomic E-state index is 13.5. The first-order chi connectivity index (χ1) is 8.60. The van der Waals surface area contributed by atoms with Crippen LogP contribution in [0, 0.1) is 12.7 Å². The Bertz CT molecular complexity index is 558. The Morgan fingerprint density at radius 3 is 2.89 bits per heavy atom. The molecule has 0 atom stereocenters. The van der Waals surface area contributed by atoms with Crippen molar-refractivity contribution in [2.75, 3.05) is 12.3 Å². The number of hydrogen-bond donors (Lipinski definition) is 2. The van der Waals surface area contributed by atoms with Gasteiger partial charge in [-0.2, -0.15) is 0 Å². The van der Waals surface area contributed by atoms with Crippen LogP contribution in [0.2, 0.25) is 0 Å². The molecule has 0 unspecified atom stereocenters. The van der Waals surface area contributed by atoms with E-state index in [4.69, 9.17) is 10.5 Å². The van der Waals surface area contributed by atoms with E-state index in [0.717, 1.165) is 0 Å². The minimum absolute atomic E-state index is 0.182. The lowest BCUT2D eigenvalue weighted by Crippen LogP contribution is -1.98. The number of nitrogen functional groups attached to an aromatic ring is 1. The van der Waals surface area contributed by atoms with Gasteiger partial charge in [-0.25, -0.2) is 9.37 Å². The average Bonchev–Trinajstić information content (AvgIpc) is 2.71. The van der Waals surface area contributed by atoms with Gasteiger partial charge in [-0.05, 0) is 31.7 Å². The van der Waals surface area contributed by atoms with Gasteiger partial charge in [0.05, 0.1) is 6.61 Å². The molecule has 2 rings (SSSR count). The van der Waals surface area contributed by atoms with Crippen LogP contribution in [0.15, 0.2) is 22.2 Å². The number of halogens is 1. The summed E-state index contributed by atoms with van der Waals surface area (Å²) in [6.45, 7) is 3.99. The molecule has 0 saturated carbocycles. The van der Waals surface area contributed by atoms with Gasteiger partial charge in [-0.15, -0.1) is 5.10 Å². The zero-order chi connectivity index (χ0) is 13.1. The number of ether oxygens (including phenoxy) is 1. The summed E-state index contributed by atoms with van der Waals surface area (Å²) >= 11 is 1.26. The third-order valence-electron chi connectivity index (χ3n) is 2.14. The Labute approximate surface area is 108 Å². The molecule has 0 saturated heterocycles. The number of aromatic nitrogens is 3. The minimum atomic E-state index is -0.468. The Balaban J connectivity index is 2.29. The first kappa shape index (κ1) is 12.7. The first-order valence-corrected chi connectivity index (χ1v) is 6.20. The first-order valence-electron chi connectivity index (χ1n) is 5.38. The number of anilines is 1. The lowest BCUT2D eigenvalue weighted by molar-refractivity contribution is 0.321. The Hall–Kier alpha value is -1.76. The molecule has 0 amide bonds. The van der Waals surface area contributed by atoms with E-state index in [1.165, 1.54) is 17.8 Å². The highest BCUT2D eigenvalue weighted by atomic mass is 32.2. The third-order valence-corrected chi connectivity index (χ3v) is 3.08. The summed E-state index contributed by atoms with van der Waals surface area (Å²) < 4.78 is 18.7. The Morgan fingerprint density at radius 1 is 1.50 bits per heavy atom. The van der Waals surface area contributed by atoms with Crippen LogP contribution in [0.3, 0.4) is 0 Å². The summed E-state index contributed by atoms with van der Waals surface area (Å²) in [4.78, 5) is 4.82. The smallest absolute Gasteiger partial charge is 0.213 e. The SMILES string of the molecule is CCOc1cc(Sc2n[nH]c(C)n2)c(N)cc1F. The van der Waals surface area contributed by atoms with Crippen molar-refractivity contribution < 1.29 is 9.13 Å². The maximum Gasteiger partial charge on any atom is 0.213 e. The quantitative estimate of drug-likeness (QED) is 0.832. The predicted octanol–water partition coefficient (Wildman–Crippen LogP) is 2.38. The summed E-state index contributed by atoms with van der Waals surface area (Å²) in [6.07, 6.45) is 0. The van der Waals surface area contributed by atoms with Crippen molar-refractivity contribution in [1.82, 2.24) is 15.2 Å². The van der Waals surface area contributed by atoms with Gasteiger partial charge in [0.2, 0.25) is 5.16 Å². The second-order valence-corrected chi connectivity index (χ2v) is 4.57. The van der Waals surface area contributed by atoms with Gasteiger partial charge in [0, 0.05) is 16.6 Å². The summed E-state index contributed by atoms with van der Waals surface area (Å²) in [5.74, 6) is 0.425. The molecule has 5 nitrogen and oxygen atoms in total. The minimum Gasteiger partial charge on any atom is -0.491 e. The van der Waals surface area contributed by atoms with E-state index in [2.05, 4.69) is 15.2 Å². The van der Waals surface area contributed by atoms with E-state index in [1.807, 2.05) is 0 Å². The fourth-order valence-electron chi connectivity index (χ4n) is 1.37. The average molecular weight is 268 g/mol. The molecule has 3 N–H and O–H groups in total. The standard InChI is InChI=1S/C11H13FN4OS/c1-3-17-9-5-10(8(13)4-7(9)12)18-11-14-6(2)15-16-11/h4-5H,3,13H2,1-2H3,(H,14,15,16). The molecule has 0 aliphatic heterocycles. The number of H-pyrrole nitrogens is 1. The van der Waals surface area contributed by atoms with E-state index in [0.29, 0.717) is 28.2 Å². The van der Waals surface area contributed by atoms with Crippen molar-refractivity contribution in [2.24, 2.45) is 0 Å². The van der Waals surface area contributed by atoms with Crippen molar-refractivity contribution in [3.63, 3.8) is 0 Å². The van der Waals surface area contributed by atoms with Gasteiger partial charge in [-0.3, -0.25) is 5.10 Å². The number of rotatable bonds is 4. The van der Waals surface area contributed by atoms with Crippen molar-refractivity contribution >= 4 is 17.4 Å². The largest absolute Gasteiger partial charge is 0.491 e. The zero-order valence-electron chi connectivity index (χ0n) is 10.0. The highest BCUT2D eigenvalue weighted by Crippen LogP contribution is 2.34. The molecule has 0 spiro atoms. The van der Waals surface area contributed by atoms with Crippen LogP contribution >= 0.6 is 11.8 Å². The number of nitrogens with one attached hydrogen (secondary N) is 1. The lowest BCUT2D eigenvalue weighted by Gasteiger charge is -2.08. The normalized spacial score (nSPS) is 10.6. The van der Waals surface area contributed by atoms with E-state index in [-0.39, 0.29) is 5.75 Å². The van der Waals surface area contributed by atoms with Crippen molar-refractivity contribution in [2.45, 2.75) is 23.9 Å². The molecule has 1 aromatic heterocycles. The number of aryl methyl sites for hydroxylation is 1. The molecule has 2 aromatic rings. The molecular weight excluding hydrogens is 255 g/mol. The van der Waals surface area contributed by atoms with E-state index in [1.54, 1.807) is 19.9 Å². The van der Waals surface area contributed by atoms with Crippen LogP contribution in [-0.2, 0) is 0 Å². The predicted molar refractivity (Wildman–Crippen MR) is 67.2 cm³/mol. The number of aromatic amines is 1. The molecule has 0 radical (unpaired) electrons. The second kappa shape index (κ2) is 5.26. The fraction of sp³-hybridized carbons (Fsp3) is 0.273. The van der Waals surface area contributed by atoms with Crippen molar-refractivity contribution in [3.05, 3.63) is 23.8 Å². The molecule has 1 heterocycles. The lowest BCUT2D eigenvalue weighted by atomic mass is 10.3. The van der Waals surface area contributed by atoms with E-state index in [9.17, 15) is 4.39 Å². The summed E-state index contributed by atoms with van der Waals surface area (Å²) in [5.41, 5.74) is 6.10. The third kappa shape index (κ3) is 2.73. The van der Waals surface area contributed by atoms with Crippen LogP contribution in [-0.4, -0.2) is 21.8 Å². The van der Waals surface area contributed by atoms with Gasteiger partial charge >= 0.3 is 0 Å². The Kier molecular flexibility index (Phi) is 3.71. The summed E-state index contributed by atoms with van der Waals surface area (Å²) in [6, 6.07) is 2.80. The van der Waals surface area contributed by atoms with Crippen LogP contribution in [0.25, 0.3) is 0 Å². The van der Waals surface area contributed by atoms with Crippen LogP contribution in [0.1, 0.15) is 12.7 Å². The van der Waals surface area contributed by atoms with Gasteiger partial charge in [-0.1, -0.05) is 0 Å². The molecule has 0 bridgehead atoms. The molecule has 0 aliphatic rings. The number of nitrogens with two attached hydrogens (primary N) is 1. The second-order valence-electron chi connectivity index (χ2n) is 3.56. The van der Waals surface area contributed by atoms with Crippen molar-refractivity contribution in [3.8, 4) is 5.75 Å². The van der Waals surface area contributed by atoms with Crippen LogP contribution in [0.5, 0.6) is 5.75 Å². The number of hydrogen-bond acceptors (Lipinski definition) is 5. The van der Waals surface area contributed by atoms with Gasteiger partial charge in [0.15, 0.2) is 11.6 Å². The topological polar surface area (TPSA) is 76.8 Å².